The summed E-state index contributed by atoms with van der Waals surface area (Å²) in [5.41, 5.74) is 2.51. The summed E-state index contributed by atoms with van der Waals surface area (Å²) in [6.07, 6.45) is -0.720. The van der Waals surface area contributed by atoms with Crippen molar-refractivity contribution in [2.75, 3.05) is 20.1 Å². The highest BCUT2D eigenvalue weighted by atomic mass is 19.4. The Labute approximate surface area is 254 Å². The van der Waals surface area contributed by atoms with Crippen molar-refractivity contribution in [3.8, 4) is 11.1 Å². The van der Waals surface area contributed by atoms with Gasteiger partial charge in [-0.05, 0) is 96.1 Å². The fraction of sp³-hybridized carbons (Fsp3) is 0.314. The Morgan fingerprint density at radius 1 is 0.886 bits per heavy atom. The lowest BCUT2D eigenvalue weighted by atomic mass is 9.90. The standard InChI is InChI=1S/C26H26F3NO2.C9H10FNO/c27-26(28,29)24-12-10-18(17-30-14-2-1-3-15-30)16-23(24)22-9-5-7-20-19(11-13-25(31)32)6-4-8-21(20)22;1-6-4-3-5-7(10)8(6)9(12)11-2/h4-10,12,16H,1-3,11,13-15,17H2,(H,31,32);3-5H,1-2H3,(H,11,12). The highest BCUT2D eigenvalue weighted by Gasteiger charge is 2.34. The van der Waals surface area contributed by atoms with Crippen LogP contribution in [0.15, 0.2) is 72.8 Å². The van der Waals surface area contributed by atoms with E-state index in [0.29, 0.717) is 29.5 Å². The first-order valence-electron chi connectivity index (χ1n) is 14.6. The molecule has 1 saturated heterocycles. The molecule has 0 atom stereocenters. The zero-order valence-corrected chi connectivity index (χ0v) is 24.8. The van der Waals surface area contributed by atoms with Gasteiger partial charge in [-0.15, -0.1) is 0 Å². The monoisotopic (exact) mass is 608 g/mol. The number of likely N-dealkylation sites (tertiary alicyclic amines) is 1. The van der Waals surface area contributed by atoms with Crippen LogP contribution >= 0.6 is 0 Å². The van der Waals surface area contributed by atoms with Crippen LogP contribution in [0.1, 0.15) is 58.3 Å². The lowest BCUT2D eigenvalue weighted by Crippen LogP contribution is -2.29. The summed E-state index contributed by atoms with van der Waals surface area (Å²) in [5.74, 6) is -1.76. The van der Waals surface area contributed by atoms with E-state index in [4.69, 9.17) is 5.11 Å². The number of carbonyl (C=O) groups is 2. The van der Waals surface area contributed by atoms with E-state index in [1.807, 2.05) is 18.2 Å². The van der Waals surface area contributed by atoms with Crippen molar-refractivity contribution in [1.29, 1.82) is 0 Å². The number of carbonyl (C=O) groups excluding carboxylic acids is 1. The number of nitrogens with one attached hydrogen (secondary N) is 1. The van der Waals surface area contributed by atoms with E-state index >= 15 is 0 Å². The number of aryl methyl sites for hydroxylation is 2. The third-order valence-corrected chi connectivity index (χ3v) is 7.83. The minimum atomic E-state index is -4.47. The number of carboxylic acids is 1. The van der Waals surface area contributed by atoms with Gasteiger partial charge in [-0.25, -0.2) is 4.39 Å². The Balaban J connectivity index is 0.000000309. The van der Waals surface area contributed by atoms with Crippen molar-refractivity contribution in [3.05, 3.63) is 106 Å². The lowest BCUT2D eigenvalue weighted by Gasteiger charge is -2.27. The minimum Gasteiger partial charge on any atom is -0.481 e. The molecule has 44 heavy (non-hydrogen) atoms. The summed E-state index contributed by atoms with van der Waals surface area (Å²) < 4.78 is 54.8. The summed E-state index contributed by atoms with van der Waals surface area (Å²) in [7, 11) is 1.48. The lowest BCUT2D eigenvalue weighted by molar-refractivity contribution is -0.137. The number of carboxylic acid groups (broad SMARTS) is 1. The van der Waals surface area contributed by atoms with Crippen LogP contribution in [-0.2, 0) is 23.9 Å². The number of piperidine rings is 1. The van der Waals surface area contributed by atoms with Gasteiger partial charge in [0.25, 0.3) is 5.91 Å². The van der Waals surface area contributed by atoms with E-state index in [-0.39, 0.29) is 23.5 Å². The summed E-state index contributed by atoms with van der Waals surface area (Å²) in [4.78, 5) is 24.4. The molecule has 0 radical (unpaired) electrons. The van der Waals surface area contributed by atoms with Gasteiger partial charge in [0.1, 0.15) is 5.82 Å². The predicted octanol–water partition coefficient (Wildman–Crippen LogP) is 8.02. The molecule has 0 bridgehead atoms. The third-order valence-electron chi connectivity index (χ3n) is 7.83. The number of halogens is 4. The van der Waals surface area contributed by atoms with Crippen LogP contribution in [0.4, 0.5) is 17.6 Å². The maximum Gasteiger partial charge on any atom is 0.417 e. The molecule has 0 spiro atoms. The van der Waals surface area contributed by atoms with E-state index in [0.717, 1.165) is 42.4 Å². The van der Waals surface area contributed by atoms with Crippen molar-refractivity contribution >= 4 is 22.6 Å². The molecule has 1 aliphatic heterocycles. The van der Waals surface area contributed by atoms with Crippen LogP contribution in [0.25, 0.3) is 21.9 Å². The number of alkyl halides is 3. The Bertz CT molecular complexity index is 1610. The fourth-order valence-electron chi connectivity index (χ4n) is 5.65. The van der Waals surface area contributed by atoms with Gasteiger partial charge in [0.15, 0.2) is 0 Å². The molecule has 5 rings (SSSR count). The highest BCUT2D eigenvalue weighted by molar-refractivity contribution is 5.99. The van der Waals surface area contributed by atoms with E-state index in [2.05, 4.69) is 10.2 Å². The van der Waals surface area contributed by atoms with Crippen molar-refractivity contribution in [2.45, 2.75) is 51.7 Å². The van der Waals surface area contributed by atoms with Gasteiger partial charge >= 0.3 is 12.1 Å². The smallest absolute Gasteiger partial charge is 0.417 e. The Hall–Kier alpha value is -4.24. The number of hydrogen-bond donors (Lipinski definition) is 2. The molecule has 5 nitrogen and oxygen atoms in total. The van der Waals surface area contributed by atoms with E-state index in [1.165, 1.54) is 25.6 Å². The number of rotatable bonds is 7. The first kappa shape index (κ1) is 32.7. The summed E-state index contributed by atoms with van der Waals surface area (Å²) in [5, 5.41) is 12.9. The quantitative estimate of drug-likeness (QED) is 0.209. The first-order valence-corrected chi connectivity index (χ1v) is 14.6. The fourth-order valence-corrected chi connectivity index (χ4v) is 5.65. The topological polar surface area (TPSA) is 69.6 Å². The van der Waals surface area contributed by atoms with Crippen LogP contribution in [0.2, 0.25) is 0 Å². The molecule has 1 amide bonds. The molecule has 232 valence electrons. The van der Waals surface area contributed by atoms with E-state index < -0.39 is 23.5 Å². The molecule has 1 aliphatic rings. The highest BCUT2D eigenvalue weighted by Crippen LogP contribution is 2.41. The second kappa shape index (κ2) is 14.5. The number of amides is 1. The van der Waals surface area contributed by atoms with Crippen LogP contribution in [0, 0.1) is 12.7 Å². The normalized spacial score (nSPS) is 13.7. The molecule has 0 unspecified atom stereocenters. The van der Waals surface area contributed by atoms with Gasteiger partial charge in [0.2, 0.25) is 0 Å². The molecule has 0 saturated carbocycles. The Morgan fingerprint density at radius 2 is 1.57 bits per heavy atom. The summed E-state index contributed by atoms with van der Waals surface area (Å²) in [6, 6.07) is 19.8. The van der Waals surface area contributed by atoms with Crippen LogP contribution in [0.3, 0.4) is 0 Å². The second-order valence-corrected chi connectivity index (χ2v) is 10.9. The van der Waals surface area contributed by atoms with Gasteiger partial charge in [-0.3, -0.25) is 14.5 Å². The van der Waals surface area contributed by atoms with Crippen LogP contribution < -0.4 is 5.32 Å². The number of fused-ring (bicyclic) bond motifs is 1. The van der Waals surface area contributed by atoms with Gasteiger partial charge in [0, 0.05) is 20.0 Å². The predicted molar refractivity (Wildman–Crippen MR) is 164 cm³/mol. The second-order valence-electron chi connectivity index (χ2n) is 10.9. The molecule has 4 aromatic rings. The molecular weight excluding hydrogens is 572 g/mol. The van der Waals surface area contributed by atoms with Crippen LogP contribution in [-0.4, -0.2) is 42.0 Å². The summed E-state index contributed by atoms with van der Waals surface area (Å²) >= 11 is 0. The van der Waals surface area contributed by atoms with Crippen molar-refractivity contribution in [3.63, 3.8) is 0 Å². The molecule has 1 heterocycles. The van der Waals surface area contributed by atoms with Gasteiger partial charge in [0.05, 0.1) is 11.1 Å². The molecule has 4 aromatic carbocycles. The molecule has 9 heteroatoms. The largest absolute Gasteiger partial charge is 0.481 e. The maximum atomic E-state index is 13.9. The van der Waals surface area contributed by atoms with Gasteiger partial charge in [-0.2, -0.15) is 13.2 Å². The first-order chi connectivity index (χ1) is 21.0. The molecule has 1 fully saturated rings. The van der Waals surface area contributed by atoms with E-state index in [1.54, 1.807) is 49.4 Å². The minimum absolute atomic E-state index is 0.0253. The Morgan fingerprint density at radius 3 is 2.23 bits per heavy atom. The number of nitrogens with zero attached hydrogens (tertiary/aromatic N) is 1. The Kier molecular flexibility index (Phi) is 10.8. The number of hydrogen-bond acceptors (Lipinski definition) is 3. The number of benzene rings is 4. The number of aliphatic carboxylic acids is 1. The average molecular weight is 609 g/mol. The molecule has 0 aromatic heterocycles. The molecule has 0 aliphatic carbocycles. The molecule has 2 N–H and O–H groups in total. The van der Waals surface area contributed by atoms with Gasteiger partial charge in [-0.1, -0.05) is 61.0 Å². The zero-order valence-electron chi connectivity index (χ0n) is 24.8. The van der Waals surface area contributed by atoms with Crippen molar-refractivity contribution in [2.24, 2.45) is 0 Å². The molecular formula is C35H36F4N2O3. The summed E-state index contributed by atoms with van der Waals surface area (Å²) in [6.45, 7) is 4.28. The zero-order chi connectivity index (χ0) is 31.9. The van der Waals surface area contributed by atoms with Crippen molar-refractivity contribution in [1.82, 2.24) is 10.2 Å². The van der Waals surface area contributed by atoms with Gasteiger partial charge < -0.3 is 10.4 Å². The average Bonchev–Trinajstić information content (AvgIpc) is 2.99. The van der Waals surface area contributed by atoms with Crippen LogP contribution in [0.5, 0.6) is 0 Å². The van der Waals surface area contributed by atoms with Crippen molar-refractivity contribution < 1.29 is 32.3 Å². The third kappa shape index (κ3) is 8.02. The SMILES string of the molecule is CNC(=O)c1c(C)cccc1F.O=C(O)CCc1cccc2c(-c3cc(CN4CCCCC4)ccc3C(F)(F)F)cccc12. The maximum absolute atomic E-state index is 13.9. The van der Waals surface area contributed by atoms with E-state index in [9.17, 15) is 27.2 Å².